The third-order valence-corrected chi connectivity index (χ3v) is 6.76. The summed E-state index contributed by atoms with van der Waals surface area (Å²) in [5.74, 6) is -0.311. The molecule has 8 heteroatoms. The molecule has 33 heavy (non-hydrogen) atoms. The molecule has 2 unspecified atom stereocenters. The number of carbonyl (C=O) groups excluding carboxylic acids is 1. The first-order chi connectivity index (χ1) is 15.8. The molecular formula is C25H27ClN4O2S. The van der Waals surface area contributed by atoms with Gasteiger partial charge in [0.15, 0.2) is 5.11 Å². The largest absolute Gasteiger partial charge is 0.465 e. The van der Waals surface area contributed by atoms with E-state index in [0.717, 1.165) is 33.9 Å². The van der Waals surface area contributed by atoms with E-state index in [-0.39, 0.29) is 24.6 Å². The zero-order valence-corrected chi connectivity index (χ0v) is 20.7. The molecule has 3 aromatic rings. The summed E-state index contributed by atoms with van der Waals surface area (Å²) in [6.07, 6.45) is 1.77. The average Bonchev–Trinajstić information content (AvgIpc) is 3.21. The maximum Gasteiger partial charge on any atom is 0.325 e. The van der Waals surface area contributed by atoms with E-state index in [0.29, 0.717) is 16.7 Å². The Morgan fingerprint density at radius 1 is 1.18 bits per heavy atom. The summed E-state index contributed by atoms with van der Waals surface area (Å²) in [7, 11) is 0. The van der Waals surface area contributed by atoms with Crippen molar-refractivity contribution in [2.24, 2.45) is 0 Å². The number of aromatic nitrogens is 2. The molecule has 0 spiro atoms. The first-order valence-corrected chi connectivity index (χ1v) is 11.7. The number of rotatable bonds is 6. The number of benzene rings is 1. The predicted octanol–water partition coefficient (Wildman–Crippen LogP) is 4.99. The molecule has 172 valence electrons. The lowest BCUT2D eigenvalue weighted by Gasteiger charge is -2.28. The molecule has 0 amide bonds. The van der Waals surface area contributed by atoms with Gasteiger partial charge in [0.05, 0.1) is 24.4 Å². The van der Waals surface area contributed by atoms with E-state index < -0.39 is 0 Å². The summed E-state index contributed by atoms with van der Waals surface area (Å²) >= 11 is 12.0. The third kappa shape index (κ3) is 4.35. The molecule has 2 aromatic heterocycles. The molecule has 1 saturated heterocycles. The third-order valence-electron chi connectivity index (χ3n) is 6.17. The van der Waals surface area contributed by atoms with Gasteiger partial charge in [-0.25, -0.2) is 0 Å². The number of esters is 1. The Kier molecular flexibility index (Phi) is 6.72. The van der Waals surface area contributed by atoms with Gasteiger partial charge < -0.3 is 19.5 Å². The summed E-state index contributed by atoms with van der Waals surface area (Å²) in [5, 5.41) is 4.59. The second-order valence-corrected chi connectivity index (χ2v) is 8.91. The van der Waals surface area contributed by atoms with Gasteiger partial charge in [-0.1, -0.05) is 23.7 Å². The first-order valence-electron chi connectivity index (χ1n) is 10.9. The van der Waals surface area contributed by atoms with E-state index in [4.69, 9.17) is 28.6 Å². The standard InChI is InChI=1S/C25H27ClN4O2S/c1-5-32-21(31)14-29-24(23(28-25(29)33)20-11-6-7-12-27-20)22-15(2)16(3)30(17(22)4)19-10-8-9-18(26)13-19/h6-13,23-24H,5,14H2,1-4H3,(H,28,33). The highest BCUT2D eigenvalue weighted by Gasteiger charge is 2.43. The van der Waals surface area contributed by atoms with Crippen LogP contribution in [0.25, 0.3) is 5.69 Å². The number of ether oxygens (including phenoxy) is 1. The highest BCUT2D eigenvalue weighted by molar-refractivity contribution is 7.80. The molecule has 0 aliphatic carbocycles. The van der Waals surface area contributed by atoms with Crippen molar-refractivity contribution in [1.82, 2.24) is 19.8 Å². The number of halogens is 1. The zero-order chi connectivity index (χ0) is 23.7. The van der Waals surface area contributed by atoms with Crippen LogP contribution in [0, 0.1) is 20.8 Å². The van der Waals surface area contributed by atoms with Gasteiger partial charge in [-0.15, -0.1) is 0 Å². The fourth-order valence-electron chi connectivity index (χ4n) is 4.68. The lowest BCUT2D eigenvalue weighted by atomic mass is 9.93. The fourth-order valence-corrected chi connectivity index (χ4v) is 5.17. The van der Waals surface area contributed by atoms with E-state index in [1.807, 2.05) is 47.4 Å². The van der Waals surface area contributed by atoms with Crippen LogP contribution in [0.3, 0.4) is 0 Å². The number of pyridine rings is 1. The minimum absolute atomic E-state index is 0.0634. The average molecular weight is 483 g/mol. The Morgan fingerprint density at radius 2 is 1.97 bits per heavy atom. The summed E-state index contributed by atoms with van der Waals surface area (Å²) in [6.45, 7) is 8.49. The molecule has 1 fully saturated rings. The van der Waals surface area contributed by atoms with Crippen LogP contribution >= 0.6 is 23.8 Å². The van der Waals surface area contributed by atoms with Crippen molar-refractivity contribution < 1.29 is 9.53 Å². The van der Waals surface area contributed by atoms with Gasteiger partial charge in [0.1, 0.15) is 6.54 Å². The second kappa shape index (κ2) is 9.53. The van der Waals surface area contributed by atoms with Crippen LogP contribution in [0.15, 0.2) is 48.7 Å². The van der Waals surface area contributed by atoms with Gasteiger partial charge in [-0.3, -0.25) is 9.78 Å². The monoisotopic (exact) mass is 482 g/mol. The van der Waals surface area contributed by atoms with E-state index in [1.165, 1.54) is 0 Å². The maximum atomic E-state index is 12.5. The Labute approximate surface area is 204 Å². The molecule has 0 radical (unpaired) electrons. The smallest absolute Gasteiger partial charge is 0.325 e. The summed E-state index contributed by atoms with van der Waals surface area (Å²) in [4.78, 5) is 19.0. The van der Waals surface area contributed by atoms with Crippen molar-refractivity contribution in [3.05, 3.63) is 81.9 Å². The Bertz CT molecular complexity index is 1190. The molecule has 1 aliphatic heterocycles. The number of hydrogen-bond acceptors (Lipinski definition) is 4. The topological polar surface area (TPSA) is 59.4 Å². The van der Waals surface area contributed by atoms with Gasteiger partial charge in [0.2, 0.25) is 0 Å². The van der Waals surface area contributed by atoms with Crippen LogP contribution in [0.1, 0.15) is 47.2 Å². The lowest BCUT2D eigenvalue weighted by molar-refractivity contribution is -0.143. The second-order valence-electron chi connectivity index (χ2n) is 8.08. The SMILES string of the molecule is CCOC(=O)CN1C(=S)NC(c2ccccn2)C1c1c(C)c(C)n(-c2cccc(Cl)c2)c1C. The van der Waals surface area contributed by atoms with Crippen molar-refractivity contribution in [1.29, 1.82) is 0 Å². The highest BCUT2D eigenvalue weighted by atomic mass is 35.5. The van der Waals surface area contributed by atoms with Crippen LogP contribution < -0.4 is 5.32 Å². The molecule has 0 bridgehead atoms. The predicted molar refractivity (Wildman–Crippen MR) is 134 cm³/mol. The van der Waals surface area contributed by atoms with Gasteiger partial charge >= 0.3 is 5.97 Å². The van der Waals surface area contributed by atoms with Crippen molar-refractivity contribution >= 4 is 34.9 Å². The van der Waals surface area contributed by atoms with E-state index in [2.05, 4.69) is 35.6 Å². The quantitative estimate of drug-likeness (QED) is 0.394. The van der Waals surface area contributed by atoms with E-state index in [1.54, 1.807) is 13.1 Å². The summed E-state index contributed by atoms with van der Waals surface area (Å²) in [6, 6.07) is 13.2. The van der Waals surface area contributed by atoms with Crippen molar-refractivity contribution in [2.75, 3.05) is 13.2 Å². The van der Waals surface area contributed by atoms with Crippen LogP contribution in [0.4, 0.5) is 0 Å². The lowest BCUT2D eigenvalue weighted by Crippen LogP contribution is -2.35. The van der Waals surface area contributed by atoms with Crippen LogP contribution in [-0.2, 0) is 9.53 Å². The molecule has 0 saturated carbocycles. The van der Waals surface area contributed by atoms with Crippen molar-refractivity contribution in [3.63, 3.8) is 0 Å². The molecule has 1 aromatic carbocycles. The first kappa shape index (κ1) is 23.3. The number of thiocarbonyl (C=S) groups is 1. The Balaban J connectivity index is 1.87. The molecule has 3 heterocycles. The zero-order valence-electron chi connectivity index (χ0n) is 19.1. The molecule has 2 atom stereocenters. The summed E-state index contributed by atoms with van der Waals surface area (Å²) < 4.78 is 7.45. The Morgan fingerprint density at radius 3 is 2.64 bits per heavy atom. The normalized spacial score (nSPS) is 17.8. The van der Waals surface area contributed by atoms with Crippen LogP contribution in [0.5, 0.6) is 0 Å². The number of carbonyl (C=O) groups is 1. The van der Waals surface area contributed by atoms with E-state index >= 15 is 0 Å². The van der Waals surface area contributed by atoms with Gasteiger partial charge in [0.25, 0.3) is 0 Å². The number of nitrogens with one attached hydrogen (secondary N) is 1. The number of hydrogen-bond donors (Lipinski definition) is 1. The van der Waals surface area contributed by atoms with Crippen LogP contribution in [0.2, 0.25) is 5.02 Å². The fraction of sp³-hybridized carbons (Fsp3) is 0.320. The van der Waals surface area contributed by atoms with Gasteiger partial charge in [-0.05, 0) is 75.8 Å². The van der Waals surface area contributed by atoms with Gasteiger partial charge in [-0.2, -0.15) is 0 Å². The maximum absolute atomic E-state index is 12.5. The summed E-state index contributed by atoms with van der Waals surface area (Å²) in [5.41, 5.74) is 6.28. The Hall–Kier alpha value is -2.90. The molecular weight excluding hydrogens is 456 g/mol. The van der Waals surface area contributed by atoms with Crippen molar-refractivity contribution in [2.45, 2.75) is 39.8 Å². The van der Waals surface area contributed by atoms with Gasteiger partial charge in [0, 0.05) is 33.9 Å². The highest BCUT2D eigenvalue weighted by Crippen LogP contribution is 2.43. The number of nitrogens with zero attached hydrogens (tertiary/aromatic N) is 3. The van der Waals surface area contributed by atoms with Crippen molar-refractivity contribution in [3.8, 4) is 5.69 Å². The molecule has 6 nitrogen and oxygen atoms in total. The molecule has 1 N–H and O–H groups in total. The minimum Gasteiger partial charge on any atom is -0.465 e. The molecule has 1 aliphatic rings. The minimum atomic E-state index is -0.311. The van der Waals surface area contributed by atoms with Crippen LogP contribution in [-0.4, -0.2) is 38.7 Å². The van der Waals surface area contributed by atoms with E-state index in [9.17, 15) is 4.79 Å². The molecule has 4 rings (SSSR count).